The molecule has 1 rings (SSSR count). The van der Waals surface area contributed by atoms with Crippen molar-refractivity contribution in [3.63, 3.8) is 0 Å². The van der Waals surface area contributed by atoms with E-state index in [1.165, 1.54) is 12.7 Å². The molecule has 0 radical (unpaired) electrons. The van der Waals surface area contributed by atoms with E-state index >= 15 is 0 Å². The standard InChI is InChI=1S/C25H38O5/c1-19(12-10-17-25(2,3)30-5)11-8-14-20(13-6-7-18-26)23(24(28)29-4)21-15-9-16-22(21)27/h8,10,12,14,17,21,26H,6-7,9,11,13,15-16,18H2,1-5H3/t21-/m0/s1. The van der Waals surface area contributed by atoms with Crippen LogP contribution in [-0.2, 0) is 19.1 Å². The highest BCUT2D eigenvalue weighted by atomic mass is 16.5. The molecule has 0 aliphatic heterocycles. The molecule has 1 N–H and O–H groups in total. The number of allylic oxidation sites excluding steroid dienone is 6. The minimum Gasteiger partial charge on any atom is -0.466 e. The second kappa shape index (κ2) is 13.3. The predicted molar refractivity (Wildman–Crippen MR) is 120 cm³/mol. The summed E-state index contributed by atoms with van der Waals surface area (Å²) in [6.07, 6.45) is 14.8. The zero-order valence-corrected chi connectivity index (χ0v) is 19.2. The molecule has 0 saturated heterocycles. The molecule has 1 saturated carbocycles. The van der Waals surface area contributed by atoms with Gasteiger partial charge < -0.3 is 14.6 Å². The second-order valence-corrected chi connectivity index (χ2v) is 8.31. The number of carbonyl (C=O) groups is 2. The van der Waals surface area contributed by atoms with Gasteiger partial charge >= 0.3 is 5.97 Å². The van der Waals surface area contributed by atoms with Crippen LogP contribution >= 0.6 is 0 Å². The molecule has 168 valence electrons. The SMILES string of the molecule is COC(=O)C(=C(C=CCC(C)=CC=CC(C)(C)OC)CCCCO)[C@H]1CCCC1=O. The summed E-state index contributed by atoms with van der Waals surface area (Å²) in [7, 11) is 3.04. The molecule has 1 aliphatic rings. The van der Waals surface area contributed by atoms with Crippen LogP contribution in [0.2, 0.25) is 0 Å². The Bertz CT molecular complexity index is 694. The summed E-state index contributed by atoms with van der Waals surface area (Å²) < 4.78 is 10.4. The van der Waals surface area contributed by atoms with Crippen LogP contribution in [0.1, 0.15) is 65.7 Å². The molecule has 5 heteroatoms. The number of Topliss-reactive ketones (excluding diaryl/α,β-unsaturated/α-hetero) is 1. The fraction of sp³-hybridized carbons (Fsp3) is 0.600. The predicted octanol–water partition coefficient (Wildman–Crippen LogP) is 4.86. The van der Waals surface area contributed by atoms with Gasteiger partial charge in [0, 0.05) is 20.1 Å². The molecule has 0 bridgehead atoms. The van der Waals surface area contributed by atoms with Gasteiger partial charge in [0.25, 0.3) is 0 Å². The number of unbranched alkanes of at least 4 members (excludes halogenated alkanes) is 1. The number of aliphatic hydroxyl groups is 1. The topological polar surface area (TPSA) is 72.8 Å². The molecule has 1 fully saturated rings. The smallest absolute Gasteiger partial charge is 0.334 e. The van der Waals surface area contributed by atoms with Gasteiger partial charge in [-0.25, -0.2) is 4.79 Å². The van der Waals surface area contributed by atoms with Crippen molar-refractivity contribution in [1.29, 1.82) is 0 Å². The summed E-state index contributed by atoms with van der Waals surface area (Å²) in [5.41, 5.74) is 2.20. The largest absolute Gasteiger partial charge is 0.466 e. The lowest BCUT2D eigenvalue weighted by molar-refractivity contribution is -0.138. The summed E-state index contributed by atoms with van der Waals surface area (Å²) in [6.45, 7) is 6.15. The number of ketones is 1. The summed E-state index contributed by atoms with van der Waals surface area (Å²) in [5.74, 6) is -0.677. The third-order valence-corrected chi connectivity index (χ3v) is 5.42. The van der Waals surface area contributed by atoms with Gasteiger partial charge in [0.1, 0.15) is 5.78 Å². The minimum atomic E-state index is -0.420. The molecule has 5 nitrogen and oxygen atoms in total. The van der Waals surface area contributed by atoms with E-state index < -0.39 is 5.97 Å². The lowest BCUT2D eigenvalue weighted by Gasteiger charge is -2.17. The van der Waals surface area contributed by atoms with E-state index in [-0.39, 0.29) is 23.9 Å². The first-order valence-corrected chi connectivity index (χ1v) is 10.8. The maximum atomic E-state index is 12.5. The number of ether oxygens (including phenoxy) is 2. The Balaban J connectivity index is 3.06. The number of carbonyl (C=O) groups excluding carboxylic acids is 2. The van der Waals surface area contributed by atoms with E-state index in [1.807, 2.05) is 51.2 Å². The molecule has 0 unspecified atom stereocenters. The van der Waals surface area contributed by atoms with Crippen molar-refractivity contribution in [2.75, 3.05) is 20.8 Å². The van der Waals surface area contributed by atoms with Gasteiger partial charge in [-0.05, 0) is 64.9 Å². The van der Waals surface area contributed by atoms with Gasteiger partial charge in [0.15, 0.2) is 0 Å². The van der Waals surface area contributed by atoms with Gasteiger partial charge in [-0.15, -0.1) is 0 Å². The lowest BCUT2D eigenvalue weighted by Crippen LogP contribution is -2.20. The van der Waals surface area contributed by atoms with Crippen LogP contribution < -0.4 is 0 Å². The summed E-state index contributed by atoms with van der Waals surface area (Å²) in [4.78, 5) is 24.9. The highest BCUT2D eigenvalue weighted by Crippen LogP contribution is 2.33. The first-order chi connectivity index (χ1) is 14.3. The molecule has 0 aromatic carbocycles. The molecular formula is C25H38O5. The average Bonchev–Trinajstić information content (AvgIpc) is 3.13. The van der Waals surface area contributed by atoms with Crippen molar-refractivity contribution in [2.45, 2.75) is 71.3 Å². The highest BCUT2D eigenvalue weighted by molar-refractivity contribution is 5.99. The fourth-order valence-corrected chi connectivity index (χ4v) is 3.43. The van der Waals surface area contributed by atoms with Gasteiger partial charge in [-0.2, -0.15) is 0 Å². The van der Waals surface area contributed by atoms with E-state index in [0.717, 1.165) is 24.8 Å². The molecule has 30 heavy (non-hydrogen) atoms. The van der Waals surface area contributed by atoms with Crippen LogP contribution in [0.15, 0.2) is 47.1 Å². The zero-order chi connectivity index (χ0) is 22.6. The second-order valence-electron chi connectivity index (χ2n) is 8.31. The van der Waals surface area contributed by atoms with Crippen LogP contribution in [0, 0.1) is 5.92 Å². The quantitative estimate of drug-likeness (QED) is 0.212. The van der Waals surface area contributed by atoms with Gasteiger partial charge in [0.2, 0.25) is 0 Å². The van der Waals surface area contributed by atoms with E-state index in [2.05, 4.69) is 0 Å². The Morgan fingerprint density at radius 3 is 2.57 bits per heavy atom. The third kappa shape index (κ3) is 8.80. The van der Waals surface area contributed by atoms with Crippen molar-refractivity contribution in [3.8, 4) is 0 Å². The normalized spacial score (nSPS) is 19.1. The van der Waals surface area contributed by atoms with Crippen molar-refractivity contribution in [2.24, 2.45) is 5.92 Å². The van der Waals surface area contributed by atoms with Crippen LogP contribution in [0.3, 0.4) is 0 Å². The minimum absolute atomic E-state index is 0.110. The highest BCUT2D eigenvalue weighted by Gasteiger charge is 2.33. The van der Waals surface area contributed by atoms with Crippen LogP contribution in [-0.4, -0.2) is 43.3 Å². The Hall–Kier alpha value is -1.98. The maximum absolute atomic E-state index is 12.5. The molecule has 0 amide bonds. The van der Waals surface area contributed by atoms with Crippen LogP contribution in [0.5, 0.6) is 0 Å². The van der Waals surface area contributed by atoms with E-state index in [0.29, 0.717) is 31.3 Å². The molecule has 0 spiro atoms. The molecule has 0 aromatic heterocycles. The Morgan fingerprint density at radius 2 is 2.00 bits per heavy atom. The fourth-order valence-electron chi connectivity index (χ4n) is 3.43. The van der Waals surface area contributed by atoms with E-state index in [1.54, 1.807) is 7.11 Å². The van der Waals surface area contributed by atoms with Crippen molar-refractivity contribution in [1.82, 2.24) is 0 Å². The summed E-state index contributed by atoms with van der Waals surface area (Å²) >= 11 is 0. The van der Waals surface area contributed by atoms with Crippen LogP contribution in [0.25, 0.3) is 0 Å². The lowest BCUT2D eigenvalue weighted by atomic mass is 9.89. The summed E-state index contributed by atoms with van der Waals surface area (Å²) in [5, 5.41) is 9.13. The van der Waals surface area contributed by atoms with E-state index in [9.17, 15) is 9.59 Å². The van der Waals surface area contributed by atoms with Gasteiger partial charge in [-0.3, -0.25) is 4.79 Å². The van der Waals surface area contributed by atoms with Gasteiger partial charge in [-0.1, -0.05) is 36.0 Å². The molecule has 1 aliphatic carbocycles. The van der Waals surface area contributed by atoms with Gasteiger partial charge in [0.05, 0.1) is 24.2 Å². The molecule has 0 heterocycles. The zero-order valence-electron chi connectivity index (χ0n) is 19.2. The number of hydrogen-bond donors (Lipinski definition) is 1. The third-order valence-electron chi connectivity index (χ3n) is 5.42. The Kier molecular flexibility index (Phi) is 11.6. The Morgan fingerprint density at radius 1 is 1.27 bits per heavy atom. The van der Waals surface area contributed by atoms with E-state index in [4.69, 9.17) is 14.6 Å². The number of methoxy groups -OCH3 is 2. The first kappa shape index (κ1) is 26.1. The number of hydrogen-bond acceptors (Lipinski definition) is 5. The van der Waals surface area contributed by atoms with Crippen molar-refractivity contribution >= 4 is 11.8 Å². The number of esters is 1. The summed E-state index contributed by atoms with van der Waals surface area (Å²) in [6, 6.07) is 0. The molecule has 1 atom stereocenters. The Labute approximate surface area is 181 Å². The van der Waals surface area contributed by atoms with Crippen molar-refractivity contribution in [3.05, 3.63) is 47.1 Å². The monoisotopic (exact) mass is 418 g/mol. The maximum Gasteiger partial charge on any atom is 0.334 e. The first-order valence-electron chi connectivity index (χ1n) is 10.8. The average molecular weight is 419 g/mol. The molecule has 0 aromatic rings. The van der Waals surface area contributed by atoms with Crippen LogP contribution in [0.4, 0.5) is 0 Å². The number of rotatable bonds is 12. The molecular weight excluding hydrogens is 380 g/mol. The van der Waals surface area contributed by atoms with Crippen molar-refractivity contribution < 1.29 is 24.2 Å². The number of aliphatic hydroxyl groups excluding tert-OH is 1.